The fourth-order valence-electron chi connectivity index (χ4n) is 3.82. The molecule has 0 aliphatic carbocycles. The van der Waals surface area contributed by atoms with Crippen LogP contribution in [0.15, 0.2) is 60.7 Å². The van der Waals surface area contributed by atoms with Crippen LogP contribution in [0.3, 0.4) is 0 Å². The number of rotatable bonds is 6. The summed E-state index contributed by atoms with van der Waals surface area (Å²) in [5.41, 5.74) is 7.60. The van der Waals surface area contributed by atoms with Crippen molar-refractivity contribution in [2.24, 2.45) is 11.7 Å². The van der Waals surface area contributed by atoms with Gasteiger partial charge in [-0.1, -0.05) is 60.7 Å². The monoisotopic (exact) mass is 423 g/mol. The van der Waals surface area contributed by atoms with Crippen molar-refractivity contribution in [2.75, 3.05) is 26.7 Å². The van der Waals surface area contributed by atoms with E-state index < -0.39 is 5.54 Å². The second kappa shape index (κ2) is 10.8. The lowest BCUT2D eigenvalue weighted by atomic mass is 9.91. The van der Waals surface area contributed by atoms with E-state index in [1.807, 2.05) is 48.3 Å². The normalized spacial score (nSPS) is 18.5. The van der Waals surface area contributed by atoms with Crippen LogP contribution in [0.1, 0.15) is 24.5 Å². The molecule has 1 amide bonds. The van der Waals surface area contributed by atoms with Gasteiger partial charge in [-0.05, 0) is 36.9 Å². The van der Waals surface area contributed by atoms with E-state index in [1.165, 1.54) is 5.56 Å². The number of nitrogens with zero attached hydrogens (tertiary/aromatic N) is 2. The van der Waals surface area contributed by atoms with E-state index >= 15 is 0 Å². The first kappa shape index (κ1) is 24.4. The van der Waals surface area contributed by atoms with Gasteiger partial charge in [0.25, 0.3) is 0 Å². The molecule has 2 unspecified atom stereocenters. The Bertz CT molecular complexity index is 725. The van der Waals surface area contributed by atoms with Gasteiger partial charge >= 0.3 is 0 Å². The van der Waals surface area contributed by atoms with Crippen molar-refractivity contribution in [3.63, 3.8) is 0 Å². The van der Waals surface area contributed by atoms with Gasteiger partial charge in [0.2, 0.25) is 5.91 Å². The number of likely N-dealkylation sites (N-methyl/N-ethyl adjacent to an activating group) is 1. The zero-order valence-corrected chi connectivity index (χ0v) is 18.2. The summed E-state index contributed by atoms with van der Waals surface area (Å²) in [5.74, 6) is 0.476. The van der Waals surface area contributed by atoms with E-state index in [-0.39, 0.29) is 30.7 Å². The molecule has 1 heterocycles. The zero-order chi connectivity index (χ0) is 18.6. The Balaban J connectivity index is 0.00000196. The van der Waals surface area contributed by atoms with Crippen LogP contribution in [0.25, 0.3) is 0 Å². The minimum Gasteiger partial charge on any atom is -0.344 e. The van der Waals surface area contributed by atoms with Crippen LogP contribution in [0.5, 0.6) is 0 Å². The fourth-order valence-corrected chi connectivity index (χ4v) is 3.82. The molecule has 2 atom stereocenters. The van der Waals surface area contributed by atoms with Gasteiger partial charge in [-0.2, -0.15) is 0 Å². The summed E-state index contributed by atoms with van der Waals surface area (Å²) in [7, 11) is 1.87. The first-order valence-corrected chi connectivity index (χ1v) is 9.33. The molecule has 4 nitrogen and oxygen atoms in total. The third-order valence-electron chi connectivity index (χ3n) is 5.32. The number of amides is 1. The Morgan fingerprint density at radius 1 is 1.11 bits per heavy atom. The Morgan fingerprint density at radius 2 is 1.68 bits per heavy atom. The summed E-state index contributed by atoms with van der Waals surface area (Å²) < 4.78 is 0. The molecule has 0 bridgehead atoms. The van der Waals surface area contributed by atoms with Crippen molar-refractivity contribution in [1.29, 1.82) is 0 Å². The summed E-state index contributed by atoms with van der Waals surface area (Å²) in [5, 5.41) is 0. The summed E-state index contributed by atoms with van der Waals surface area (Å²) >= 11 is 0. The predicted molar refractivity (Wildman–Crippen MR) is 120 cm³/mol. The Labute approximate surface area is 180 Å². The number of hydrogen-bond acceptors (Lipinski definition) is 3. The summed E-state index contributed by atoms with van der Waals surface area (Å²) in [6.45, 7) is 5.65. The molecule has 0 radical (unpaired) electrons. The first-order valence-electron chi connectivity index (χ1n) is 9.33. The standard InChI is InChI=1S/C22H29N3O.2ClH/c1-22(23,20-11-7-4-8-12-20)21(26)24(2)15-19-13-14-25(17-19)16-18-9-5-3-6-10-18;;/h3-12,19H,13-17,23H2,1-2H3;2*1H. The molecular formula is C22H31Cl2N3O. The number of benzene rings is 2. The SMILES string of the molecule is CN(CC1CCN(Cc2ccccc2)C1)C(=O)C(C)(N)c1ccccc1.Cl.Cl. The fraction of sp³-hybridized carbons (Fsp3) is 0.409. The van der Waals surface area contributed by atoms with Gasteiger partial charge in [0.15, 0.2) is 0 Å². The Kier molecular flexibility index (Phi) is 9.45. The van der Waals surface area contributed by atoms with Crippen LogP contribution < -0.4 is 5.73 Å². The topological polar surface area (TPSA) is 49.6 Å². The average Bonchev–Trinajstić information content (AvgIpc) is 3.09. The highest BCUT2D eigenvalue weighted by molar-refractivity contribution is 5.87. The van der Waals surface area contributed by atoms with Crippen LogP contribution in [0, 0.1) is 5.92 Å². The molecule has 0 aromatic heterocycles. The maximum Gasteiger partial charge on any atom is 0.246 e. The van der Waals surface area contributed by atoms with Crippen molar-refractivity contribution in [3.05, 3.63) is 71.8 Å². The maximum atomic E-state index is 12.9. The molecule has 2 N–H and O–H groups in total. The second-order valence-corrected chi connectivity index (χ2v) is 7.63. The summed E-state index contributed by atoms with van der Waals surface area (Å²) in [6.07, 6.45) is 1.12. The molecule has 3 rings (SSSR count). The minimum absolute atomic E-state index is 0. The highest BCUT2D eigenvalue weighted by atomic mass is 35.5. The van der Waals surface area contributed by atoms with Crippen molar-refractivity contribution in [2.45, 2.75) is 25.4 Å². The van der Waals surface area contributed by atoms with Gasteiger partial charge in [0.05, 0.1) is 0 Å². The lowest BCUT2D eigenvalue weighted by molar-refractivity contribution is -0.136. The van der Waals surface area contributed by atoms with Crippen molar-refractivity contribution >= 4 is 30.7 Å². The third kappa shape index (κ3) is 5.95. The molecule has 1 aliphatic heterocycles. The van der Waals surface area contributed by atoms with E-state index in [1.54, 1.807) is 6.92 Å². The number of likely N-dealkylation sites (tertiary alicyclic amines) is 1. The number of nitrogens with two attached hydrogens (primary N) is 1. The average molecular weight is 424 g/mol. The molecule has 154 valence electrons. The van der Waals surface area contributed by atoms with E-state index in [2.05, 4.69) is 29.2 Å². The molecule has 1 fully saturated rings. The summed E-state index contributed by atoms with van der Waals surface area (Å²) in [4.78, 5) is 17.2. The van der Waals surface area contributed by atoms with Gasteiger partial charge in [-0.25, -0.2) is 0 Å². The van der Waals surface area contributed by atoms with Crippen LogP contribution in [0.4, 0.5) is 0 Å². The molecule has 1 saturated heterocycles. The maximum absolute atomic E-state index is 12.9. The van der Waals surface area contributed by atoms with Crippen LogP contribution in [-0.2, 0) is 16.9 Å². The molecule has 28 heavy (non-hydrogen) atoms. The molecular weight excluding hydrogens is 393 g/mol. The van der Waals surface area contributed by atoms with E-state index in [4.69, 9.17) is 5.73 Å². The van der Waals surface area contributed by atoms with Gasteiger partial charge in [0.1, 0.15) is 5.54 Å². The number of carbonyl (C=O) groups is 1. The lowest BCUT2D eigenvalue weighted by Crippen LogP contribution is -2.50. The lowest BCUT2D eigenvalue weighted by Gasteiger charge is -2.31. The third-order valence-corrected chi connectivity index (χ3v) is 5.32. The highest BCUT2D eigenvalue weighted by Gasteiger charge is 2.34. The number of carbonyl (C=O) groups excluding carboxylic acids is 1. The van der Waals surface area contributed by atoms with E-state index in [9.17, 15) is 4.79 Å². The Hall–Kier alpha value is -1.59. The molecule has 1 aliphatic rings. The molecule has 0 saturated carbocycles. The van der Waals surface area contributed by atoms with Crippen molar-refractivity contribution in [3.8, 4) is 0 Å². The van der Waals surface area contributed by atoms with Gasteiger partial charge in [0, 0.05) is 26.7 Å². The zero-order valence-electron chi connectivity index (χ0n) is 16.6. The van der Waals surface area contributed by atoms with Crippen molar-refractivity contribution in [1.82, 2.24) is 9.80 Å². The molecule has 0 spiro atoms. The number of hydrogen-bond donors (Lipinski definition) is 1. The van der Waals surface area contributed by atoms with E-state index in [0.29, 0.717) is 5.92 Å². The molecule has 2 aromatic rings. The van der Waals surface area contributed by atoms with Crippen LogP contribution in [-0.4, -0.2) is 42.4 Å². The smallest absolute Gasteiger partial charge is 0.246 e. The first-order chi connectivity index (χ1) is 12.5. The van der Waals surface area contributed by atoms with Gasteiger partial charge < -0.3 is 10.6 Å². The van der Waals surface area contributed by atoms with Crippen LogP contribution in [0.2, 0.25) is 0 Å². The van der Waals surface area contributed by atoms with Crippen molar-refractivity contribution < 1.29 is 4.79 Å². The van der Waals surface area contributed by atoms with Gasteiger partial charge in [-0.3, -0.25) is 9.69 Å². The predicted octanol–water partition coefficient (Wildman–Crippen LogP) is 3.68. The summed E-state index contributed by atoms with van der Waals surface area (Å²) in [6, 6.07) is 20.2. The highest BCUT2D eigenvalue weighted by Crippen LogP contribution is 2.23. The largest absolute Gasteiger partial charge is 0.344 e. The minimum atomic E-state index is -0.988. The molecule has 6 heteroatoms. The Morgan fingerprint density at radius 3 is 2.29 bits per heavy atom. The van der Waals surface area contributed by atoms with Crippen LogP contribution >= 0.6 is 24.8 Å². The van der Waals surface area contributed by atoms with E-state index in [0.717, 1.165) is 38.2 Å². The second-order valence-electron chi connectivity index (χ2n) is 7.63. The van der Waals surface area contributed by atoms with Gasteiger partial charge in [-0.15, -0.1) is 24.8 Å². The molecule has 2 aromatic carbocycles. The number of halogens is 2. The quantitative estimate of drug-likeness (QED) is 0.770.